The van der Waals surface area contributed by atoms with Crippen LogP contribution in [0.3, 0.4) is 0 Å². The molecular formula is C21H28N2O4. The molecule has 0 aromatic heterocycles. The summed E-state index contributed by atoms with van der Waals surface area (Å²) in [6, 6.07) is 2.79. The minimum absolute atomic E-state index is 0.00321. The van der Waals surface area contributed by atoms with Crippen LogP contribution in [-0.2, 0) is 11.2 Å². The van der Waals surface area contributed by atoms with Gasteiger partial charge in [0.05, 0.1) is 12.2 Å². The second-order valence-electron chi connectivity index (χ2n) is 6.24. The lowest BCUT2D eigenvalue weighted by atomic mass is 10.1. The number of hydrogen-bond donors (Lipinski definition) is 3. The SMILES string of the molecule is C=C/C(=C\C1=CCN(C(=O)c2cc(CC)c(O)cc2O)C1)NCCOCC. The molecule has 6 nitrogen and oxygen atoms in total. The van der Waals surface area contributed by atoms with Crippen molar-refractivity contribution in [3.05, 3.63) is 59.3 Å². The average Bonchev–Trinajstić information content (AvgIpc) is 3.12. The Labute approximate surface area is 160 Å². The first kappa shape index (κ1) is 20.6. The molecule has 146 valence electrons. The molecule has 0 saturated carbocycles. The fraction of sp³-hybridized carbons (Fsp3) is 0.381. The van der Waals surface area contributed by atoms with Crippen molar-refractivity contribution in [2.45, 2.75) is 20.3 Å². The number of benzene rings is 1. The summed E-state index contributed by atoms with van der Waals surface area (Å²) in [5.74, 6) is -0.460. The monoisotopic (exact) mass is 372 g/mol. The Morgan fingerprint density at radius 2 is 2.11 bits per heavy atom. The number of nitrogens with zero attached hydrogens (tertiary/aromatic N) is 1. The molecule has 2 rings (SSSR count). The molecule has 0 unspecified atom stereocenters. The summed E-state index contributed by atoms with van der Waals surface area (Å²) in [5.41, 5.74) is 2.71. The van der Waals surface area contributed by atoms with Crippen LogP contribution in [0, 0.1) is 0 Å². The van der Waals surface area contributed by atoms with E-state index in [0.717, 1.165) is 11.3 Å². The van der Waals surface area contributed by atoms with Gasteiger partial charge in [-0.25, -0.2) is 0 Å². The van der Waals surface area contributed by atoms with Gasteiger partial charge in [0.15, 0.2) is 0 Å². The summed E-state index contributed by atoms with van der Waals surface area (Å²) in [5, 5.41) is 23.1. The number of aryl methyl sites for hydroxylation is 1. The van der Waals surface area contributed by atoms with Gasteiger partial charge in [0.1, 0.15) is 11.5 Å². The molecule has 1 aliphatic heterocycles. The first-order chi connectivity index (χ1) is 13.0. The highest BCUT2D eigenvalue weighted by Gasteiger charge is 2.23. The molecule has 1 heterocycles. The van der Waals surface area contributed by atoms with Crippen LogP contribution in [0.1, 0.15) is 29.8 Å². The van der Waals surface area contributed by atoms with Crippen molar-refractivity contribution < 1.29 is 19.7 Å². The molecule has 0 atom stereocenters. The standard InChI is InChI=1S/C21H28N2O4/c1-4-16-12-18(20(25)13-19(16)24)21(26)23-9-7-15(14-23)11-17(5-2)22-8-10-27-6-3/h5,7,11-13,22,24-25H,2,4,6,8-10,14H2,1,3H3/b17-11+. The van der Waals surface area contributed by atoms with Crippen LogP contribution in [0.4, 0.5) is 0 Å². The Kier molecular flexibility index (Phi) is 7.49. The van der Waals surface area contributed by atoms with E-state index >= 15 is 0 Å². The number of carbonyl (C=O) groups excluding carboxylic acids is 1. The van der Waals surface area contributed by atoms with E-state index in [-0.39, 0.29) is 23.0 Å². The van der Waals surface area contributed by atoms with Gasteiger partial charge in [0, 0.05) is 38.0 Å². The van der Waals surface area contributed by atoms with Crippen LogP contribution in [0.15, 0.2) is 48.2 Å². The van der Waals surface area contributed by atoms with E-state index in [2.05, 4.69) is 11.9 Å². The first-order valence-electron chi connectivity index (χ1n) is 9.19. The molecule has 1 aromatic rings. The molecule has 0 bridgehead atoms. The molecule has 0 radical (unpaired) electrons. The van der Waals surface area contributed by atoms with Gasteiger partial charge < -0.3 is 25.2 Å². The number of phenols is 2. The number of carbonyl (C=O) groups is 1. The molecule has 0 aliphatic carbocycles. The van der Waals surface area contributed by atoms with Gasteiger partial charge in [-0.2, -0.15) is 0 Å². The highest BCUT2D eigenvalue weighted by molar-refractivity contribution is 5.98. The van der Waals surface area contributed by atoms with Crippen molar-refractivity contribution in [3.63, 3.8) is 0 Å². The van der Waals surface area contributed by atoms with Crippen molar-refractivity contribution in [1.82, 2.24) is 10.2 Å². The lowest BCUT2D eigenvalue weighted by Crippen LogP contribution is -2.29. The van der Waals surface area contributed by atoms with Crippen molar-refractivity contribution in [3.8, 4) is 11.5 Å². The van der Waals surface area contributed by atoms with E-state index < -0.39 is 0 Å². The van der Waals surface area contributed by atoms with Gasteiger partial charge >= 0.3 is 0 Å². The quantitative estimate of drug-likeness (QED) is 0.459. The Bertz CT molecular complexity index is 753. The van der Waals surface area contributed by atoms with Gasteiger partial charge in [-0.1, -0.05) is 19.6 Å². The fourth-order valence-corrected chi connectivity index (χ4v) is 2.88. The Balaban J connectivity index is 2.03. The minimum Gasteiger partial charge on any atom is -0.508 e. The van der Waals surface area contributed by atoms with E-state index in [1.54, 1.807) is 17.0 Å². The number of nitrogens with one attached hydrogen (secondary N) is 1. The summed E-state index contributed by atoms with van der Waals surface area (Å²) in [6.45, 7) is 10.5. The van der Waals surface area contributed by atoms with Gasteiger partial charge in [-0.15, -0.1) is 0 Å². The topological polar surface area (TPSA) is 82.0 Å². The Morgan fingerprint density at radius 3 is 2.78 bits per heavy atom. The zero-order chi connectivity index (χ0) is 19.8. The molecule has 0 saturated heterocycles. The van der Waals surface area contributed by atoms with Gasteiger partial charge in [0.2, 0.25) is 0 Å². The summed E-state index contributed by atoms with van der Waals surface area (Å²) in [6.07, 6.45) is 6.25. The van der Waals surface area contributed by atoms with E-state index in [1.165, 1.54) is 6.07 Å². The van der Waals surface area contributed by atoms with Crippen molar-refractivity contribution in [1.29, 1.82) is 0 Å². The van der Waals surface area contributed by atoms with Crippen LogP contribution < -0.4 is 5.32 Å². The zero-order valence-electron chi connectivity index (χ0n) is 16.0. The maximum absolute atomic E-state index is 12.8. The summed E-state index contributed by atoms with van der Waals surface area (Å²) in [7, 11) is 0. The first-order valence-corrected chi connectivity index (χ1v) is 9.19. The van der Waals surface area contributed by atoms with Crippen LogP contribution in [0.5, 0.6) is 11.5 Å². The third kappa shape index (κ3) is 5.37. The lowest BCUT2D eigenvalue weighted by molar-refractivity contribution is 0.0795. The van der Waals surface area contributed by atoms with E-state index in [4.69, 9.17) is 4.74 Å². The van der Waals surface area contributed by atoms with E-state index in [0.29, 0.717) is 44.8 Å². The number of hydrogen-bond acceptors (Lipinski definition) is 5. The molecule has 27 heavy (non-hydrogen) atoms. The van der Waals surface area contributed by atoms with Crippen LogP contribution in [-0.4, -0.2) is 53.9 Å². The van der Waals surface area contributed by atoms with Gasteiger partial charge in [-0.05, 0) is 42.7 Å². The van der Waals surface area contributed by atoms with E-state index in [1.807, 2.05) is 26.0 Å². The third-order valence-corrected chi connectivity index (χ3v) is 4.38. The summed E-state index contributed by atoms with van der Waals surface area (Å²) >= 11 is 0. The number of amides is 1. The number of rotatable bonds is 9. The average molecular weight is 372 g/mol. The fourth-order valence-electron chi connectivity index (χ4n) is 2.88. The van der Waals surface area contributed by atoms with Crippen molar-refractivity contribution >= 4 is 5.91 Å². The van der Waals surface area contributed by atoms with Crippen LogP contribution >= 0.6 is 0 Å². The molecular weight excluding hydrogens is 344 g/mol. The zero-order valence-corrected chi connectivity index (χ0v) is 16.0. The second-order valence-corrected chi connectivity index (χ2v) is 6.24. The van der Waals surface area contributed by atoms with Crippen LogP contribution in [0.2, 0.25) is 0 Å². The molecule has 0 spiro atoms. The number of ether oxygens (including phenoxy) is 1. The van der Waals surface area contributed by atoms with Gasteiger partial charge in [0.25, 0.3) is 5.91 Å². The molecule has 1 aliphatic rings. The van der Waals surface area contributed by atoms with Crippen molar-refractivity contribution in [2.75, 3.05) is 32.8 Å². The highest BCUT2D eigenvalue weighted by Crippen LogP contribution is 2.29. The van der Waals surface area contributed by atoms with Crippen LogP contribution in [0.25, 0.3) is 0 Å². The smallest absolute Gasteiger partial charge is 0.258 e. The largest absolute Gasteiger partial charge is 0.508 e. The highest BCUT2D eigenvalue weighted by atomic mass is 16.5. The van der Waals surface area contributed by atoms with Crippen molar-refractivity contribution in [2.24, 2.45) is 0 Å². The Morgan fingerprint density at radius 1 is 1.33 bits per heavy atom. The van der Waals surface area contributed by atoms with E-state index in [9.17, 15) is 15.0 Å². The predicted octanol–water partition coefficient (Wildman–Crippen LogP) is 2.74. The molecule has 3 N–H and O–H groups in total. The third-order valence-electron chi connectivity index (χ3n) is 4.38. The number of allylic oxidation sites excluding steroid dienone is 1. The number of aromatic hydroxyl groups is 2. The molecule has 6 heteroatoms. The predicted molar refractivity (Wildman–Crippen MR) is 106 cm³/mol. The molecule has 0 fully saturated rings. The second kappa shape index (κ2) is 9.83. The summed E-state index contributed by atoms with van der Waals surface area (Å²) in [4.78, 5) is 14.4. The summed E-state index contributed by atoms with van der Waals surface area (Å²) < 4.78 is 5.30. The molecule has 1 amide bonds. The number of phenolic OH excluding ortho intramolecular Hbond substituents is 2. The normalized spacial score (nSPS) is 14.2. The minimum atomic E-state index is -0.258. The lowest BCUT2D eigenvalue weighted by Gasteiger charge is -2.18. The maximum Gasteiger partial charge on any atom is 0.258 e. The Hall–Kier alpha value is -2.73. The molecule has 1 aromatic carbocycles. The maximum atomic E-state index is 12.8. The van der Waals surface area contributed by atoms with Gasteiger partial charge in [-0.3, -0.25) is 4.79 Å².